The Kier molecular flexibility index (Phi) is 10.4. The van der Waals surface area contributed by atoms with Gasteiger partial charge in [0.1, 0.15) is 6.04 Å². The zero-order valence-electron chi connectivity index (χ0n) is 20.5. The van der Waals surface area contributed by atoms with Gasteiger partial charge in [0.2, 0.25) is 11.8 Å². The monoisotopic (exact) mass is 552 g/mol. The number of rotatable bonds is 11. The minimum atomic E-state index is -0.601. The average molecular weight is 554 g/mol. The van der Waals surface area contributed by atoms with E-state index in [9.17, 15) is 9.59 Å². The van der Waals surface area contributed by atoms with Gasteiger partial charge < -0.3 is 10.2 Å². The Morgan fingerprint density at radius 3 is 2.26 bits per heavy atom. The number of carbonyl (C=O) groups excluding carboxylic acids is 2. The third-order valence-electron chi connectivity index (χ3n) is 5.54. The molecule has 3 aromatic rings. The number of nitrogens with zero attached hydrogens (tertiary/aromatic N) is 1. The summed E-state index contributed by atoms with van der Waals surface area (Å²) < 4.78 is 0.978. The smallest absolute Gasteiger partial charge is 0.243 e. The molecule has 0 spiro atoms. The molecule has 3 aromatic carbocycles. The molecule has 0 saturated carbocycles. The Balaban J connectivity index is 1.84. The highest BCUT2D eigenvalue weighted by Gasteiger charge is 2.30. The second-order valence-corrected chi connectivity index (χ2v) is 10.9. The lowest BCUT2D eigenvalue weighted by Gasteiger charge is -2.32. The molecule has 184 valence electrons. The van der Waals surface area contributed by atoms with Crippen LogP contribution in [0.15, 0.2) is 83.3 Å². The van der Waals surface area contributed by atoms with E-state index in [4.69, 9.17) is 0 Å². The molecule has 0 radical (unpaired) electrons. The van der Waals surface area contributed by atoms with E-state index in [1.54, 1.807) is 16.7 Å². The van der Waals surface area contributed by atoms with Gasteiger partial charge in [-0.25, -0.2) is 0 Å². The molecule has 35 heavy (non-hydrogen) atoms. The van der Waals surface area contributed by atoms with Crippen molar-refractivity contribution in [1.29, 1.82) is 0 Å². The van der Waals surface area contributed by atoms with Gasteiger partial charge in [0.05, 0.1) is 5.75 Å². The minimum absolute atomic E-state index is 0.0129. The quantitative estimate of drug-likeness (QED) is 0.310. The molecule has 0 unspecified atom stereocenters. The van der Waals surface area contributed by atoms with Gasteiger partial charge in [-0.05, 0) is 49.6 Å². The maximum absolute atomic E-state index is 13.6. The van der Waals surface area contributed by atoms with Gasteiger partial charge >= 0.3 is 0 Å². The Morgan fingerprint density at radius 1 is 0.914 bits per heavy atom. The van der Waals surface area contributed by atoms with Crippen molar-refractivity contribution in [2.75, 3.05) is 5.75 Å². The van der Waals surface area contributed by atoms with Crippen molar-refractivity contribution >= 4 is 39.5 Å². The fraction of sp³-hybridized carbons (Fsp3) is 0.310. The molecular formula is C29H33BrN2O2S. The molecule has 1 atom stereocenters. The summed E-state index contributed by atoms with van der Waals surface area (Å²) in [4.78, 5) is 28.7. The molecule has 0 aliphatic rings. The van der Waals surface area contributed by atoms with Crippen molar-refractivity contribution in [3.8, 4) is 0 Å². The minimum Gasteiger partial charge on any atom is -0.352 e. The molecule has 0 aromatic heterocycles. The van der Waals surface area contributed by atoms with Crippen LogP contribution in [-0.2, 0) is 28.3 Å². The van der Waals surface area contributed by atoms with E-state index in [-0.39, 0.29) is 17.9 Å². The van der Waals surface area contributed by atoms with Crippen LogP contribution >= 0.6 is 27.7 Å². The van der Waals surface area contributed by atoms with E-state index in [2.05, 4.69) is 46.4 Å². The van der Waals surface area contributed by atoms with E-state index in [0.29, 0.717) is 18.7 Å². The molecule has 3 rings (SSSR count). The van der Waals surface area contributed by atoms with Crippen LogP contribution in [0, 0.1) is 6.92 Å². The van der Waals surface area contributed by atoms with Crippen molar-refractivity contribution in [2.45, 2.75) is 51.6 Å². The van der Waals surface area contributed by atoms with Gasteiger partial charge in [-0.15, -0.1) is 11.8 Å². The Bertz CT molecular complexity index is 1100. The zero-order chi connectivity index (χ0) is 25.2. The second kappa shape index (κ2) is 13.5. The highest BCUT2D eigenvalue weighted by Crippen LogP contribution is 2.20. The number of thioether (sulfide) groups is 1. The highest BCUT2D eigenvalue weighted by atomic mass is 79.9. The third kappa shape index (κ3) is 8.86. The summed E-state index contributed by atoms with van der Waals surface area (Å²) in [6, 6.07) is 25.5. The lowest BCUT2D eigenvalue weighted by atomic mass is 10.0. The summed E-state index contributed by atoms with van der Waals surface area (Å²) >= 11 is 5.06. The first-order valence-electron chi connectivity index (χ1n) is 11.8. The SMILES string of the molecule is Cc1cccc(CSCC(=O)N(Cc2ccc(Br)cc2)[C@@H](Cc2ccccc2)C(=O)NC(C)C)c1. The molecule has 2 amide bonds. The first-order valence-corrected chi connectivity index (χ1v) is 13.8. The van der Waals surface area contributed by atoms with E-state index in [0.717, 1.165) is 21.4 Å². The molecule has 0 aliphatic heterocycles. The first kappa shape index (κ1) is 27.0. The number of nitrogens with one attached hydrogen (secondary N) is 1. The summed E-state index contributed by atoms with van der Waals surface area (Å²) in [6.07, 6.45) is 0.463. The first-order chi connectivity index (χ1) is 16.8. The topological polar surface area (TPSA) is 49.4 Å². The number of amides is 2. The maximum Gasteiger partial charge on any atom is 0.243 e. The lowest BCUT2D eigenvalue weighted by molar-refractivity contribution is -0.139. The average Bonchev–Trinajstić information content (AvgIpc) is 2.82. The number of aryl methyl sites for hydroxylation is 1. The molecule has 0 saturated heterocycles. The van der Waals surface area contributed by atoms with Crippen LogP contribution in [0.3, 0.4) is 0 Å². The van der Waals surface area contributed by atoms with Crippen molar-refractivity contribution in [1.82, 2.24) is 10.2 Å². The molecule has 0 bridgehead atoms. The van der Waals surface area contributed by atoms with Gasteiger partial charge in [0.15, 0.2) is 0 Å². The standard InChI is InChI=1S/C29H33BrN2O2S/c1-21(2)31-29(34)27(17-23-9-5-4-6-10-23)32(18-24-12-14-26(30)15-13-24)28(33)20-35-19-25-11-7-8-22(3)16-25/h4-16,21,27H,17-20H2,1-3H3,(H,31,34)/t27-/m0/s1. The summed E-state index contributed by atoms with van der Waals surface area (Å²) in [5.74, 6) is 0.898. The molecule has 0 fully saturated rings. The molecule has 0 heterocycles. The van der Waals surface area contributed by atoms with E-state index < -0.39 is 6.04 Å². The number of hydrogen-bond donors (Lipinski definition) is 1. The van der Waals surface area contributed by atoms with Crippen LogP contribution in [0.4, 0.5) is 0 Å². The number of halogens is 1. The van der Waals surface area contributed by atoms with E-state index >= 15 is 0 Å². The molecule has 1 N–H and O–H groups in total. The summed E-state index contributed by atoms with van der Waals surface area (Å²) in [5, 5.41) is 3.03. The van der Waals surface area contributed by atoms with Crippen molar-refractivity contribution in [3.05, 3.63) is 106 Å². The van der Waals surface area contributed by atoms with Crippen molar-refractivity contribution < 1.29 is 9.59 Å². The van der Waals surface area contributed by atoms with Crippen LogP contribution in [0.1, 0.15) is 36.1 Å². The Morgan fingerprint density at radius 2 is 1.60 bits per heavy atom. The third-order valence-corrected chi connectivity index (χ3v) is 7.06. The lowest BCUT2D eigenvalue weighted by Crippen LogP contribution is -2.52. The van der Waals surface area contributed by atoms with Crippen molar-refractivity contribution in [3.63, 3.8) is 0 Å². The fourth-order valence-electron chi connectivity index (χ4n) is 3.86. The Labute approximate surface area is 221 Å². The summed E-state index contributed by atoms with van der Waals surface area (Å²) in [6.45, 7) is 6.33. The molecule has 0 aliphatic carbocycles. The summed E-state index contributed by atoms with van der Waals surface area (Å²) in [5.41, 5.74) is 4.42. The van der Waals surface area contributed by atoms with Crippen LogP contribution in [-0.4, -0.2) is 34.6 Å². The second-order valence-electron chi connectivity index (χ2n) is 9.00. The van der Waals surface area contributed by atoms with Gasteiger partial charge in [-0.3, -0.25) is 9.59 Å². The predicted octanol–water partition coefficient (Wildman–Crippen LogP) is 6.16. The van der Waals surface area contributed by atoms with E-state index in [1.165, 1.54) is 11.1 Å². The van der Waals surface area contributed by atoms with Gasteiger partial charge in [0.25, 0.3) is 0 Å². The maximum atomic E-state index is 13.6. The normalized spacial score (nSPS) is 11.8. The van der Waals surface area contributed by atoms with Crippen LogP contribution in [0.25, 0.3) is 0 Å². The van der Waals surface area contributed by atoms with Crippen LogP contribution < -0.4 is 5.32 Å². The van der Waals surface area contributed by atoms with Gasteiger partial charge in [-0.2, -0.15) is 0 Å². The van der Waals surface area contributed by atoms with E-state index in [1.807, 2.05) is 74.5 Å². The highest BCUT2D eigenvalue weighted by molar-refractivity contribution is 9.10. The van der Waals surface area contributed by atoms with Gasteiger partial charge in [-0.1, -0.05) is 88.2 Å². The number of benzene rings is 3. The molecule has 4 nitrogen and oxygen atoms in total. The van der Waals surface area contributed by atoms with Crippen LogP contribution in [0.5, 0.6) is 0 Å². The number of hydrogen-bond acceptors (Lipinski definition) is 3. The summed E-state index contributed by atoms with van der Waals surface area (Å²) in [7, 11) is 0. The largest absolute Gasteiger partial charge is 0.352 e. The van der Waals surface area contributed by atoms with Gasteiger partial charge in [0, 0.05) is 29.2 Å². The molecular weight excluding hydrogens is 520 g/mol. The number of carbonyl (C=O) groups is 2. The fourth-order valence-corrected chi connectivity index (χ4v) is 4.98. The predicted molar refractivity (Wildman–Crippen MR) is 149 cm³/mol. The van der Waals surface area contributed by atoms with Crippen molar-refractivity contribution in [2.24, 2.45) is 0 Å². The van der Waals surface area contributed by atoms with Crippen LogP contribution in [0.2, 0.25) is 0 Å². The Hall–Kier alpha value is -2.57. The molecule has 6 heteroatoms. The zero-order valence-corrected chi connectivity index (χ0v) is 22.9.